The van der Waals surface area contributed by atoms with E-state index < -0.39 is 0 Å². The third-order valence-electron chi connectivity index (χ3n) is 1.89. The van der Waals surface area contributed by atoms with Gasteiger partial charge in [0, 0.05) is 19.3 Å². The van der Waals surface area contributed by atoms with Crippen LogP contribution in [-0.2, 0) is 4.43 Å². The Bertz CT molecular complexity index is 322. The summed E-state index contributed by atoms with van der Waals surface area (Å²) in [6.07, 6.45) is 2.56. The Morgan fingerprint density at radius 1 is 1.53 bits per heavy atom. The number of hydrogen-bond donors (Lipinski definition) is 2. The second kappa shape index (κ2) is 8.71. The molecule has 0 saturated heterocycles. The van der Waals surface area contributed by atoms with Crippen molar-refractivity contribution in [3.8, 4) is 0 Å². The molecule has 1 rings (SSSR count). The van der Waals surface area contributed by atoms with Gasteiger partial charge in [0.15, 0.2) is 0 Å². The number of nitrogens with one attached hydrogen (secondary N) is 2. The summed E-state index contributed by atoms with van der Waals surface area (Å²) in [4.78, 5) is 15.4. The largest absolute Gasteiger partial charge is 0.418 e. The van der Waals surface area contributed by atoms with Crippen molar-refractivity contribution in [3.05, 3.63) is 24.4 Å². The first-order chi connectivity index (χ1) is 8.33. The van der Waals surface area contributed by atoms with Crippen molar-refractivity contribution < 1.29 is 9.22 Å². The lowest BCUT2D eigenvalue weighted by atomic mass is 10.4. The quantitative estimate of drug-likeness (QED) is 0.572. The average Bonchev–Trinajstić information content (AvgIpc) is 2.35. The van der Waals surface area contributed by atoms with E-state index in [0.29, 0.717) is 22.1 Å². The summed E-state index contributed by atoms with van der Waals surface area (Å²) < 4.78 is 5.23. The van der Waals surface area contributed by atoms with Gasteiger partial charge in [-0.2, -0.15) is 0 Å². The lowest BCUT2D eigenvalue weighted by Gasteiger charge is -2.06. The second-order valence-electron chi connectivity index (χ2n) is 3.28. The Kier molecular flexibility index (Phi) is 7.00. The maximum absolute atomic E-state index is 11.4. The Labute approximate surface area is 104 Å². The van der Waals surface area contributed by atoms with Crippen molar-refractivity contribution in [1.82, 2.24) is 10.3 Å². The molecule has 1 heterocycles. The Balaban J connectivity index is 2.06. The number of amides is 2. The lowest BCUT2D eigenvalue weighted by molar-refractivity contribution is 0.252. The first-order valence-corrected chi connectivity index (χ1v) is 6.75. The predicted molar refractivity (Wildman–Crippen MR) is 68.1 cm³/mol. The van der Waals surface area contributed by atoms with Crippen LogP contribution in [0.1, 0.15) is 13.3 Å². The molecule has 1 aromatic heterocycles. The molecule has 2 N–H and O–H groups in total. The van der Waals surface area contributed by atoms with Gasteiger partial charge in [-0.05, 0) is 31.5 Å². The monoisotopic (exact) mass is 251 g/mol. The van der Waals surface area contributed by atoms with Crippen LogP contribution in [0.25, 0.3) is 0 Å². The average molecular weight is 251 g/mol. The zero-order valence-electron chi connectivity index (χ0n) is 9.90. The first kappa shape index (κ1) is 13.7. The number of anilines is 1. The summed E-state index contributed by atoms with van der Waals surface area (Å²) in [6, 6.07) is 6.14. The summed E-state index contributed by atoms with van der Waals surface area (Å²) >= 11 is 0. The number of rotatable bonds is 7. The van der Waals surface area contributed by atoms with Gasteiger partial charge in [0.2, 0.25) is 9.76 Å². The van der Waals surface area contributed by atoms with Crippen molar-refractivity contribution in [1.29, 1.82) is 0 Å². The van der Waals surface area contributed by atoms with E-state index in [2.05, 4.69) is 15.6 Å². The van der Waals surface area contributed by atoms with E-state index in [9.17, 15) is 4.79 Å². The molecule has 92 valence electrons. The van der Waals surface area contributed by atoms with E-state index in [1.807, 2.05) is 13.0 Å². The highest BCUT2D eigenvalue weighted by atomic mass is 28.2. The van der Waals surface area contributed by atoms with Crippen LogP contribution in [0.15, 0.2) is 24.4 Å². The second-order valence-corrected chi connectivity index (χ2v) is 4.35. The minimum Gasteiger partial charge on any atom is -0.418 e. The van der Waals surface area contributed by atoms with E-state index >= 15 is 0 Å². The summed E-state index contributed by atoms with van der Waals surface area (Å²) in [5, 5.41) is 5.42. The van der Waals surface area contributed by atoms with Crippen molar-refractivity contribution in [2.45, 2.75) is 19.4 Å². The van der Waals surface area contributed by atoms with Crippen LogP contribution >= 0.6 is 0 Å². The van der Waals surface area contributed by atoms with Crippen LogP contribution in [0, 0.1) is 0 Å². The van der Waals surface area contributed by atoms with Crippen molar-refractivity contribution in [2.24, 2.45) is 0 Å². The van der Waals surface area contributed by atoms with Gasteiger partial charge in [-0.25, -0.2) is 9.78 Å². The molecule has 17 heavy (non-hydrogen) atoms. The molecule has 0 saturated carbocycles. The molecule has 6 heteroatoms. The molecular weight excluding hydrogens is 234 g/mol. The fourth-order valence-corrected chi connectivity index (χ4v) is 1.80. The number of aromatic nitrogens is 1. The zero-order valence-corrected chi connectivity index (χ0v) is 10.9. The molecule has 0 bridgehead atoms. The van der Waals surface area contributed by atoms with Gasteiger partial charge in [0.25, 0.3) is 0 Å². The maximum Gasteiger partial charge on any atom is 0.320 e. The van der Waals surface area contributed by atoms with Gasteiger partial charge in [0.1, 0.15) is 5.82 Å². The maximum atomic E-state index is 11.4. The minimum absolute atomic E-state index is 0.219. The lowest BCUT2D eigenvalue weighted by Crippen LogP contribution is -2.29. The third kappa shape index (κ3) is 6.70. The van der Waals surface area contributed by atoms with Crippen molar-refractivity contribution in [3.63, 3.8) is 0 Å². The van der Waals surface area contributed by atoms with Gasteiger partial charge in [0.05, 0.1) is 0 Å². The van der Waals surface area contributed by atoms with Gasteiger partial charge in [-0.3, -0.25) is 5.32 Å². The molecule has 1 aromatic rings. The molecule has 0 aliphatic rings. The highest BCUT2D eigenvalue weighted by Gasteiger charge is 2.00. The zero-order chi connectivity index (χ0) is 12.3. The minimum atomic E-state index is -0.219. The fourth-order valence-electron chi connectivity index (χ4n) is 1.13. The summed E-state index contributed by atoms with van der Waals surface area (Å²) in [6.45, 7) is 3.39. The Hall–Kier alpha value is -1.40. The number of carbonyl (C=O) groups is 1. The molecule has 0 atom stereocenters. The van der Waals surface area contributed by atoms with E-state index in [1.165, 1.54) is 0 Å². The van der Waals surface area contributed by atoms with E-state index in [4.69, 9.17) is 4.43 Å². The van der Waals surface area contributed by atoms with Gasteiger partial charge >= 0.3 is 6.03 Å². The molecule has 0 fully saturated rings. The Morgan fingerprint density at radius 2 is 2.41 bits per heavy atom. The smallest absolute Gasteiger partial charge is 0.320 e. The number of urea groups is 1. The summed E-state index contributed by atoms with van der Waals surface area (Å²) in [5.74, 6) is 0.557. The molecule has 0 aliphatic carbocycles. The number of carbonyl (C=O) groups excluding carboxylic acids is 1. The van der Waals surface area contributed by atoms with Crippen LogP contribution in [0.2, 0.25) is 6.04 Å². The summed E-state index contributed by atoms with van der Waals surface area (Å²) in [5.41, 5.74) is 0. The molecule has 2 amide bonds. The molecule has 0 spiro atoms. The van der Waals surface area contributed by atoms with Crippen LogP contribution in [0.4, 0.5) is 10.6 Å². The number of pyridine rings is 1. The van der Waals surface area contributed by atoms with Crippen molar-refractivity contribution in [2.75, 3.05) is 18.5 Å². The van der Waals surface area contributed by atoms with Crippen molar-refractivity contribution >= 4 is 21.6 Å². The fraction of sp³-hybridized carbons (Fsp3) is 0.455. The number of nitrogens with zero attached hydrogens (tertiary/aromatic N) is 1. The molecule has 5 nitrogen and oxygen atoms in total. The van der Waals surface area contributed by atoms with Gasteiger partial charge < -0.3 is 9.74 Å². The number of hydrogen-bond acceptors (Lipinski definition) is 3. The van der Waals surface area contributed by atoms with E-state index in [1.54, 1.807) is 18.3 Å². The molecule has 0 aliphatic heterocycles. The van der Waals surface area contributed by atoms with Gasteiger partial charge in [-0.1, -0.05) is 6.07 Å². The highest BCUT2D eigenvalue weighted by molar-refractivity contribution is 6.26. The SMILES string of the molecule is CCO[Si]CCCNC(=O)Nc1ccccn1. The topological polar surface area (TPSA) is 63.2 Å². The molecule has 0 aromatic carbocycles. The highest BCUT2D eigenvalue weighted by Crippen LogP contribution is 1.98. The third-order valence-corrected chi connectivity index (χ3v) is 2.94. The normalized spacial score (nSPS) is 9.94. The molecular formula is C11H17N3O2Si. The van der Waals surface area contributed by atoms with Crippen LogP contribution in [0.5, 0.6) is 0 Å². The van der Waals surface area contributed by atoms with E-state index in [-0.39, 0.29) is 6.03 Å². The van der Waals surface area contributed by atoms with Crippen LogP contribution in [0.3, 0.4) is 0 Å². The first-order valence-electron chi connectivity index (χ1n) is 5.63. The van der Waals surface area contributed by atoms with Crippen LogP contribution in [-0.4, -0.2) is 33.9 Å². The predicted octanol–water partition coefficient (Wildman–Crippen LogP) is 1.67. The standard InChI is InChI=1S/C11H17N3O2Si/c1-2-16-17-9-5-8-13-11(15)14-10-6-3-4-7-12-10/h3-4,6-7H,2,5,8-9H2,1H3,(H2,12,13,14,15). The van der Waals surface area contributed by atoms with Gasteiger partial charge in [-0.15, -0.1) is 0 Å². The molecule has 2 radical (unpaired) electrons. The van der Waals surface area contributed by atoms with Crippen LogP contribution < -0.4 is 10.6 Å². The van der Waals surface area contributed by atoms with E-state index in [0.717, 1.165) is 19.1 Å². The molecule has 0 unspecified atom stereocenters. The Morgan fingerprint density at radius 3 is 3.12 bits per heavy atom. The summed E-state index contributed by atoms with van der Waals surface area (Å²) in [7, 11) is 0.525.